The fourth-order valence-corrected chi connectivity index (χ4v) is 2.31. The molecule has 1 fully saturated rings. The van der Waals surface area contributed by atoms with Crippen LogP contribution in [-0.4, -0.2) is 12.1 Å². The van der Waals surface area contributed by atoms with E-state index in [0.29, 0.717) is 5.75 Å². The van der Waals surface area contributed by atoms with Crippen molar-refractivity contribution in [3.63, 3.8) is 0 Å². The fraction of sp³-hybridized carbons (Fsp3) is 0.571. The van der Waals surface area contributed by atoms with Crippen LogP contribution in [0.2, 0.25) is 0 Å². The number of hydrogen-bond acceptors (Lipinski definition) is 2. The molecule has 94 valence electrons. The molecule has 3 heteroatoms. The van der Waals surface area contributed by atoms with E-state index in [1.54, 1.807) is 12.1 Å². The normalized spacial score (nSPS) is 26.0. The number of halogens is 1. The average molecular weight is 237 g/mol. The number of rotatable bonds is 2. The Bertz CT molecular complexity index is 339. The molecule has 1 aliphatic rings. The molecule has 0 spiro atoms. The molecular formula is C14H20FNO. The lowest BCUT2D eigenvalue weighted by molar-refractivity contribution is 0.145. The van der Waals surface area contributed by atoms with E-state index in [1.807, 2.05) is 0 Å². The summed E-state index contributed by atoms with van der Waals surface area (Å²) in [6.45, 7) is 0. The van der Waals surface area contributed by atoms with Crippen LogP contribution in [0.1, 0.15) is 38.5 Å². The molecule has 0 aliphatic heterocycles. The van der Waals surface area contributed by atoms with E-state index in [4.69, 9.17) is 10.5 Å². The van der Waals surface area contributed by atoms with Crippen molar-refractivity contribution >= 4 is 0 Å². The molecule has 1 saturated carbocycles. The van der Waals surface area contributed by atoms with Gasteiger partial charge in [0.15, 0.2) is 0 Å². The summed E-state index contributed by atoms with van der Waals surface area (Å²) in [6, 6.07) is 6.27. The monoisotopic (exact) mass is 237 g/mol. The van der Waals surface area contributed by atoms with Gasteiger partial charge < -0.3 is 10.5 Å². The van der Waals surface area contributed by atoms with Crippen molar-refractivity contribution < 1.29 is 9.13 Å². The van der Waals surface area contributed by atoms with E-state index in [-0.39, 0.29) is 18.0 Å². The predicted molar refractivity (Wildman–Crippen MR) is 66.5 cm³/mol. The number of benzene rings is 1. The second kappa shape index (κ2) is 6.01. The number of ether oxygens (including phenoxy) is 1. The van der Waals surface area contributed by atoms with Crippen molar-refractivity contribution in [1.82, 2.24) is 0 Å². The van der Waals surface area contributed by atoms with Gasteiger partial charge in [0.2, 0.25) is 0 Å². The Kier molecular flexibility index (Phi) is 4.37. The van der Waals surface area contributed by atoms with Crippen LogP contribution in [0.15, 0.2) is 24.3 Å². The first kappa shape index (κ1) is 12.4. The van der Waals surface area contributed by atoms with Crippen LogP contribution >= 0.6 is 0 Å². The van der Waals surface area contributed by atoms with Crippen molar-refractivity contribution in [1.29, 1.82) is 0 Å². The molecule has 2 atom stereocenters. The summed E-state index contributed by atoms with van der Waals surface area (Å²) >= 11 is 0. The van der Waals surface area contributed by atoms with E-state index in [2.05, 4.69) is 0 Å². The molecule has 0 saturated heterocycles. The van der Waals surface area contributed by atoms with Crippen molar-refractivity contribution in [2.75, 3.05) is 0 Å². The van der Waals surface area contributed by atoms with Gasteiger partial charge in [0, 0.05) is 6.04 Å². The third-order valence-corrected chi connectivity index (χ3v) is 3.35. The third-order valence-electron chi connectivity index (χ3n) is 3.35. The minimum Gasteiger partial charge on any atom is -0.489 e. The summed E-state index contributed by atoms with van der Waals surface area (Å²) in [4.78, 5) is 0. The minimum absolute atomic E-state index is 0.0701. The molecule has 1 aromatic rings. The standard InChI is InChI=1S/C14H20FNO/c15-11-7-9-12(10-8-11)17-14-6-4-2-1-3-5-13(14)16/h7-10,13-14H,1-6,16H2. The SMILES string of the molecule is NC1CCCCCCC1Oc1ccc(F)cc1. The van der Waals surface area contributed by atoms with E-state index in [1.165, 1.54) is 37.8 Å². The van der Waals surface area contributed by atoms with Crippen LogP contribution in [0.25, 0.3) is 0 Å². The Morgan fingerprint density at radius 1 is 1.00 bits per heavy atom. The lowest BCUT2D eigenvalue weighted by atomic mass is 9.95. The molecule has 0 aromatic heterocycles. The van der Waals surface area contributed by atoms with Crippen LogP contribution in [-0.2, 0) is 0 Å². The Labute approximate surface area is 102 Å². The van der Waals surface area contributed by atoms with Crippen LogP contribution < -0.4 is 10.5 Å². The molecule has 2 nitrogen and oxygen atoms in total. The van der Waals surface area contributed by atoms with Crippen molar-refractivity contribution in [3.05, 3.63) is 30.1 Å². The van der Waals surface area contributed by atoms with Gasteiger partial charge in [-0.1, -0.05) is 19.3 Å². The highest BCUT2D eigenvalue weighted by atomic mass is 19.1. The largest absolute Gasteiger partial charge is 0.489 e. The predicted octanol–water partition coefficient (Wildman–Crippen LogP) is 3.25. The van der Waals surface area contributed by atoms with Gasteiger partial charge in [-0.05, 0) is 43.5 Å². The van der Waals surface area contributed by atoms with E-state index < -0.39 is 0 Å². The highest BCUT2D eigenvalue weighted by molar-refractivity contribution is 5.22. The Morgan fingerprint density at radius 2 is 1.65 bits per heavy atom. The lowest BCUT2D eigenvalue weighted by Crippen LogP contribution is -2.39. The third kappa shape index (κ3) is 3.70. The van der Waals surface area contributed by atoms with Crippen LogP contribution in [0.4, 0.5) is 4.39 Å². The fourth-order valence-electron chi connectivity index (χ4n) is 2.31. The topological polar surface area (TPSA) is 35.2 Å². The molecule has 2 N–H and O–H groups in total. The molecule has 0 bridgehead atoms. The molecule has 0 radical (unpaired) electrons. The maximum Gasteiger partial charge on any atom is 0.123 e. The Balaban J connectivity index is 1.97. The van der Waals surface area contributed by atoms with Gasteiger partial charge in [0.1, 0.15) is 17.7 Å². The van der Waals surface area contributed by atoms with Gasteiger partial charge in [-0.3, -0.25) is 0 Å². The summed E-state index contributed by atoms with van der Waals surface area (Å²) in [6.07, 6.45) is 6.97. The maximum atomic E-state index is 12.8. The molecular weight excluding hydrogens is 217 g/mol. The zero-order valence-corrected chi connectivity index (χ0v) is 10.1. The summed E-state index contributed by atoms with van der Waals surface area (Å²) < 4.78 is 18.6. The first-order chi connectivity index (χ1) is 8.25. The zero-order valence-electron chi connectivity index (χ0n) is 10.1. The summed E-state index contributed by atoms with van der Waals surface area (Å²) in [5.41, 5.74) is 6.13. The molecule has 2 unspecified atom stereocenters. The zero-order chi connectivity index (χ0) is 12.1. The lowest BCUT2D eigenvalue weighted by Gasteiger charge is -2.27. The quantitative estimate of drug-likeness (QED) is 0.857. The summed E-state index contributed by atoms with van der Waals surface area (Å²) in [7, 11) is 0. The van der Waals surface area contributed by atoms with Gasteiger partial charge in [-0.15, -0.1) is 0 Å². The molecule has 1 aliphatic carbocycles. The van der Waals surface area contributed by atoms with Gasteiger partial charge in [0.05, 0.1) is 0 Å². The Hall–Kier alpha value is -1.09. The van der Waals surface area contributed by atoms with E-state index in [0.717, 1.165) is 12.8 Å². The van der Waals surface area contributed by atoms with E-state index >= 15 is 0 Å². The van der Waals surface area contributed by atoms with Gasteiger partial charge >= 0.3 is 0 Å². The van der Waals surface area contributed by atoms with Gasteiger partial charge in [-0.2, -0.15) is 0 Å². The van der Waals surface area contributed by atoms with Gasteiger partial charge in [0.25, 0.3) is 0 Å². The molecule has 17 heavy (non-hydrogen) atoms. The van der Waals surface area contributed by atoms with Crippen molar-refractivity contribution in [2.45, 2.75) is 50.7 Å². The van der Waals surface area contributed by atoms with Crippen LogP contribution in [0, 0.1) is 5.82 Å². The van der Waals surface area contributed by atoms with Crippen LogP contribution in [0.3, 0.4) is 0 Å². The molecule has 1 aromatic carbocycles. The number of nitrogens with two attached hydrogens (primary N) is 1. The minimum atomic E-state index is -0.237. The smallest absolute Gasteiger partial charge is 0.123 e. The first-order valence-electron chi connectivity index (χ1n) is 6.43. The molecule has 2 rings (SSSR count). The highest BCUT2D eigenvalue weighted by Gasteiger charge is 2.20. The van der Waals surface area contributed by atoms with Crippen molar-refractivity contribution in [2.24, 2.45) is 5.73 Å². The van der Waals surface area contributed by atoms with E-state index in [9.17, 15) is 4.39 Å². The average Bonchev–Trinajstić information content (AvgIpc) is 2.31. The van der Waals surface area contributed by atoms with Crippen molar-refractivity contribution in [3.8, 4) is 5.75 Å². The molecule has 0 heterocycles. The van der Waals surface area contributed by atoms with Crippen LogP contribution in [0.5, 0.6) is 5.75 Å². The maximum absolute atomic E-state index is 12.8. The number of hydrogen-bond donors (Lipinski definition) is 1. The first-order valence-corrected chi connectivity index (χ1v) is 6.43. The molecule has 0 amide bonds. The second-order valence-corrected chi connectivity index (χ2v) is 4.77. The summed E-state index contributed by atoms with van der Waals surface area (Å²) in [5, 5.41) is 0. The Morgan fingerprint density at radius 3 is 2.35 bits per heavy atom. The second-order valence-electron chi connectivity index (χ2n) is 4.77. The summed E-state index contributed by atoms with van der Waals surface area (Å²) in [5.74, 6) is 0.478. The highest BCUT2D eigenvalue weighted by Crippen LogP contribution is 2.22. The van der Waals surface area contributed by atoms with Gasteiger partial charge in [-0.25, -0.2) is 4.39 Å².